The number of hydrogen-bond acceptors (Lipinski definition) is 2. The van der Waals surface area contributed by atoms with Crippen molar-refractivity contribution in [2.24, 2.45) is 0 Å². The summed E-state index contributed by atoms with van der Waals surface area (Å²) >= 11 is 3.27. The lowest BCUT2D eigenvalue weighted by Gasteiger charge is -2.29. The van der Waals surface area contributed by atoms with Crippen LogP contribution in [0.15, 0.2) is 40.9 Å². The average molecular weight is 349 g/mol. The Morgan fingerprint density at radius 1 is 1.29 bits per heavy atom. The molecule has 0 aromatic heterocycles. The van der Waals surface area contributed by atoms with Crippen molar-refractivity contribution in [1.82, 2.24) is 4.90 Å². The zero-order valence-corrected chi connectivity index (χ0v) is 12.9. The summed E-state index contributed by atoms with van der Waals surface area (Å²) in [4.78, 5) is 14.2. The van der Waals surface area contributed by atoms with Gasteiger partial charge in [0.1, 0.15) is 5.82 Å². The first-order valence-electron chi connectivity index (χ1n) is 6.67. The molecule has 0 fully saturated rings. The molecule has 108 valence electrons. The Hall–Kier alpha value is -1.88. The van der Waals surface area contributed by atoms with Crippen LogP contribution in [0.4, 0.5) is 10.1 Å². The lowest BCUT2D eigenvalue weighted by molar-refractivity contribution is 0.0730. The second-order valence-corrected chi connectivity index (χ2v) is 6.00. The molecule has 1 amide bonds. The van der Waals surface area contributed by atoms with Crippen LogP contribution >= 0.6 is 15.9 Å². The highest BCUT2D eigenvalue weighted by molar-refractivity contribution is 9.10. The highest BCUT2D eigenvalue weighted by Gasteiger charge is 2.24. The number of rotatable bonds is 1. The fourth-order valence-electron chi connectivity index (χ4n) is 2.64. The maximum Gasteiger partial charge on any atom is 0.257 e. The number of fused-ring (bicyclic) bond motifs is 1. The third-order valence-corrected chi connectivity index (χ3v) is 4.24. The molecule has 5 heteroatoms. The third-order valence-electron chi connectivity index (χ3n) is 3.75. The number of anilines is 1. The van der Waals surface area contributed by atoms with E-state index in [0.29, 0.717) is 24.0 Å². The smallest absolute Gasteiger partial charge is 0.257 e. The Morgan fingerprint density at radius 2 is 2.10 bits per heavy atom. The molecule has 2 N–H and O–H groups in total. The van der Waals surface area contributed by atoms with Gasteiger partial charge in [-0.3, -0.25) is 4.79 Å². The van der Waals surface area contributed by atoms with Gasteiger partial charge in [0.15, 0.2) is 0 Å². The number of nitrogens with zero attached hydrogens (tertiary/aromatic N) is 1. The molecule has 1 aliphatic rings. The van der Waals surface area contributed by atoms with E-state index in [9.17, 15) is 9.18 Å². The monoisotopic (exact) mass is 348 g/mol. The maximum absolute atomic E-state index is 13.8. The van der Waals surface area contributed by atoms with E-state index in [-0.39, 0.29) is 11.5 Å². The average Bonchev–Trinajstić information content (AvgIpc) is 2.49. The summed E-state index contributed by atoms with van der Waals surface area (Å²) < 4.78 is 14.5. The minimum atomic E-state index is -0.499. The number of carbonyl (C=O) groups is 1. The zero-order chi connectivity index (χ0) is 15.0. The summed E-state index contributed by atoms with van der Waals surface area (Å²) in [6.07, 6.45) is 0.698. The van der Waals surface area contributed by atoms with Crippen LogP contribution in [-0.2, 0) is 13.0 Å². The largest absolute Gasteiger partial charge is 0.398 e. The van der Waals surface area contributed by atoms with Crippen molar-refractivity contribution in [1.29, 1.82) is 0 Å². The minimum Gasteiger partial charge on any atom is -0.398 e. The molecule has 0 saturated carbocycles. The van der Waals surface area contributed by atoms with E-state index in [4.69, 9.17) is 5.73 Å². The van der Waals surface area contributed by atoms with Crippen LogP contribution in [-0.4, -0.2) is 17.4 Å². The second-order valence-electron chi connectivity index (χ2n) is 5.09. The number of nitrogens with two attached hydrogens (primary N) is 1. The van der Waals surface area contributed by atoms with E-state index < -0.39 is 5.82 Å². The topological polar surface area (TPSA) is 46.3 Å². The molecule has 0 radical (unpaired) electrons. The third kappa shape index (κ3) is 2.65. The summed E-state index contributed by atoms with van der Waals surface area (Å²) in [6, 6.07) is 10.1. The van der Waals surface area contributed by atoms with Crippen molar-refractivity contribution in [2.45, 2.75) is 13.0 Å². The van der Waals surface area contributed by atoms with Crippen LogP contribution in [0.2, 0.25) is 0 Å². The van der Waals surface area contributed by atoms with Gasteiger partial charge in [-0.15, -0.1) is 0 Å². The van der Waals surface area contributed by atoms with Crippen LogP contribution in [0.5, 0.6) is 0 Å². The normalized spacial score (nSPS) is 13.9. The van der Waals surface area contributed by atoms with Gasteiger partial charge in [-0.2, -0.15) is 0 Å². The molecule has 0 bridgehead atoms. The molecule has 3 rings (SSSR count). The lowest BCUT2D eigenvalue weighted by Crippen LogP contribution is -2.36. The van der Waals surface area contributed by atoms with Crippen LogP contribution in [0.25, 0.3) is 0 Å². The van der Waals surface area contributed by atoms with Crippen molar-refractivity contribution in [3.8, 4) is 0 Å². The van der Waals surface area contributed by atoms with Gasteiger partial charge in [-0.25, -0.2) is 4.39 Å². The summed E-state index contributed by atoms with van der Waals surface area (Å²) in [5, 5.41) is 0. The molecule has 1 heterocycles. The molecular weight excluding hydrogens is 335 g/mol. The van der Waals surface area contributed by atoms with E-state index in [1.807, 2.05) is 18.2 Å². The van der Waals surface area contributed by atoms with Crippen molar-refractivity contribution >= 4 is 27.5 Å². The number of carbonyl (C=O) groups excluding carboxylic acids is 1. The molecule has 0 saturated heterocycles. The van der Waals surface area contributed by atoms with E-state index in [1.54, 1.807) is 11.0 Å². The summed E-state index contributed by atoms with van der Waals surface area (Å²) in [5.41, 5.74) is 8.93. The highest BCUT2D eigenvalue weighted by atomic mass is 79.9. The molecule has 0 aliphatic carbocycles. The van der Waals surface area contributed by atoms with E-state index in [2.05, 4.69) is 15.9 Å². The van der Waals surface area contributed by atoms with Crippen molar-refractivity contribution < 1.29 is 9.18 Å². The molecule has 1 aliphatic heterocycles. The first-order chi connectivity index (χ1) is 10.1. The number of nitrogen functional groups attached to an aromatic ring is 1. The maximum atomic E-state index is 13.8. The summed E-state index contributed by atoms with van der Waals surface area (Å²) in [7, 11) is 0. The predicted molar refractivity (Wildman–Crippen MR) is 83.4 cm³/mol. The molecule has 3 nitrogen and oxygen atoms in total. The van der Waals surface area contributed by atoms with Gasteiger partial charge in [0, 0.05) is 23.2 Å². The molecule has 2 aromatic rings. The number of amides is 1. The molecule has 0 unspecified atom stereocenters. The van der Waals surface area contributed by atoms with Gasteiger partial charge < -0.3 is 10.6 Å². The SMILES string of the molecule is Nc1cccc2c1CCN(C(=O)c1cc(Br)ccc1F)C2. The standard InChI is InChI=1S/C16H14BrFN2O/c17-11-4-5-14(18)13(8-11)16(21)20-7-6-12-10(9-20)2-1-3-15(12)19/h1-5,8H,6-7,9,19H2. The van der Waals surface area contributed by atoms with E-state index in [0.717, 1.165) is 16.8 Å². The molecule has 0 spiro atoms. The van der Waals surface area contributed by atoms with Gasteiger partial charge in [0.25, 0.3) is 5.91 Å². The molecule has 0 atom stereocenters. The van der Waals surface area contributed by atoms with Crippen molar-refractivity contribution in [2.75, 3.05) is 12.3 Å². The van der Waals surface area contributed by atoms with E-state index >= 15 is 0 Å². The number of hydrogen-bond donors (Lipinski definition) is 1. The fourth-order valence-corrected chi connectivity index (χ4v) is 3.01. The van der Waals surface area contributed by atoms with Gasteiger partial charge in [0.2, 0.25) is 0 Å². The van der Waals surface area contributed by atoms with Crippen molar-refractivity contribution in [3.05, 3.63) is 63.4 Å². The second kappa shape index (κ2) is 5.48. The number of benzene rings is 2. The van der Waals surface area contributed by atoms with Crippen LogP contribution in [0.3, 0.4) is 0 Å². The lowest BCUT2D eigenvalue weighted by atomic mass is 9.97. The Balaban J connectivity index is 1.89. The fraction of sp³-hybridized carbons (Fsp3) is 0.188. The Bertz CT molecular complexity index is 717. The summed E-state index contributed by atoms with van der Waals surface area (Å²) in [5.74, 6) is -0.788. The molecule has 21 heavy (non-hydrogen) atoms. The Morgan fingerprint density at radius 3 is 2.90 bits per heavy atom. The summed E-state index contributed by atoms with van der Waals surface area (Å²) in [6.45, 7) is 1.01. The van der Waals surface area contributed by atoms with Crippen LogP contribution in [0.1, 0.15) is 21.5 Å². The van der Waals surface area contributed by atoms with Crippen LogP contribution in [0, 0.1) is 5.82 Å². The molecule has 2 aromatic carbocycles. The quantitative estimate of drug-likeness (QED) is 0.803. The van der Waals surface area contributed by atoms with Gasteiger partial charge >= 0.3 is 0 Å². The predicted octanol–water partition coefficient (Wildman–Crippen LogP) is 3.37. The first-order valence-corrected chi connectivity index (χ1v) is 7.46. The van der Waals surface area contributed by atoms with Gasteiger partial charge in [-0.1, -0.05) is 28.1 Å². The zero-order valence-electron chi connectivity index (χ0n) is 11.3. The Kier molecular flexibility index (Phi) is 3.68. The Labute approximate surface area is 130 Å². The minimum absolute atomic E-state index is 0.0942. The first kappa shape index (κ1) is 14.1. The van der Waals surface area contributed by atoms with E-state index in [1.165, 1.54) is 12.1 Å². The number of halogens is 2. The van der Waals surface area contributed by atoms with Crippen LogP contribution < -0.4 is 5.73 Å². The van der Waals surface area contributed by atoms with Crippen molar-refractivity contribution in [3.63, 3.8) is 0 Å². The molecular formula is C16H14BrFN2O. The van der Waals surface area contributed by atoms with Gasteiger partial charge in [-0.05, 0) is 41.8 Å². The highest BCUT2D eigenvalue weighted by Crippen LogP contribution is 2.26. The van der Waals surface area contributed by atoms with Gasteiger partial charge in [0.05, 0.1) is 5.56 Å².